The molecule has 0 unspecified atom stereocenters. The Labute approximate surface area is 85.5 Å². The van der Waals surface area contributed by atoms with Crippen LogP contribution in [0.4, 0.5) is 5.69 Å². The van der Waals surface area contributed by atoms with Crippen molar-refractivity contribution >= 4 is 5.69 Å². The molecule has 0 fully saturated rings. The number of unbranched alkanes of at least 4 members (excludes halogenated alkanes) is 1. The van der Waals surface area contributed by atoms with Crippen molar-refractivity contribution in [3.05, 3.63) is 24.3 Å². The van der Waals surface area contributed by atoms with Gasteiger partial charge in [-0.1, -0.05) is 25.5 Å². The molecule has 0 bridgehead atoms. The van der Waals surface area contributed by atoms with E-state index in [1.165, 1.54) is 18.5 Å². The molecule has 0 saturated heterocycles. The smallest absolute Gasteiger partial charge is 0.142 e. The summed E-state index contributed by atoms with van der Waals surface area (Å²) < 4.78 is 5.59. The van der Waals surface area contributed by atoms with Crippen molar-refractivity contribution in [2.75, 3.05) is 24.6 Å². The van der Waals surface area contributed by atoms with Crippen LogP contribution in [0.25, 0.3) is 0 Å². The van der Waals surface area contributed by atoms with Gasteiger partial charge < -0.3 is 9.64 Å². The molecule has 1 aliphatic heterocycles. The van der Waals surface area contributed by atoms with Crippen molar-refractivity contribution in [3.63, 3.8) is 0 Å². The zero-order valence-electron chi connectivity index (χ0n) is 8.70. The maximum absolute atomic E-state index is 5.59. The first-order valence-electron chi connectivity index (χ1n) is 5.38. The lowest BCUT2D eigenvalue weighted by Gasteiger charge is -2.31. The molecule has 2 heteroatoms. The predicted octanol–water partition coefficient (Wildman–Crippen LogP) is 2.69. The average molecular weight is 191 g/mol. The Hall–Kier alpha value is -1.18. The van der Waals surface area contributed by atoms with Gasteiger partial charge in [0.2, 0.25) is 0 Å². The summed E-state index contributed by atoms with van der Waals surface area (Å²) in [6.45, 7) is 5.22. The van der Waals surface area contributed by atoms with Gasteiger partial charge >= 0.3 is 0 Å². The molecular weight excluding hydrogens is 174 g/mol. The molecule has 2 nitrogen and oxygen atoms in total. The Morgan fingerprint density at radius 2 is 2.21 bits per heavy atom. The van der Waals surface area contributed by atoms with E-state index in [0.29, 0.717) is 0 Å². The van der Waals surface area contributed by atoms with Gasteiger partial charge in [0.1, 0.15) is 12.4 Å². The quantitative estimate of drug-likeness (QED) is 0.728. The van der Waals surface area contributed by atoms with E-state index in [1.54, 1.807) is 0 Å². The highest BCUT2D eigenvalue weighted by molar-refractivity contribution is 5.59. The Kier molecular flexibility index (Phi) is 2.92. The summed E-state index contributed by atoms with van der Waals surface area (Å²) in [5, 5.41) is 0. The van der Waals surface area contributed by atoms with Crippen LogP contribution in [0.3, 0.4) is 0 Å². The highest BCUT2D eigenvalue weighted by Crippen LogP contribution is 2.30. The highest BCUT2D eigenvalue weighted by atomic mass is 16.5. The van der Waals surface area contributed by atoms with Crippen molar-refractivity contribution in [1.82, 2.24) is 0 Å². The van der Waals surface area contributed by atoms with E-state index in [0.717, 1.165) is 25.4 Å². The molecule has 0 amide bonds. The number of para-hydroxylation sites is 2. The lowest BCUT2D eigenvalue weighted by atomic mass is 10.2. The maximum atomic E-state index is 5.59. The van der Waals surface area contributed by atoms with E-state index in [4.69, 9.17) is 4.74 Å². The largest absolute Gasteiger partial charge is 0.490 e. The van der Waals surface area contributed by atoms with E-state index in [-0.39, 0.29) is 0 Å². The number of hydrogen-bond donors (Lipinski definition) is 0. The van der Waals surface area contributed by atoms with Gasteiger partial charge in [-0.25, -0.2) is 0 Å². The van der Waals surface area contributed by atoms with Gasteiger partial charge in [0.15, 0.2) is 0 Å². The van der Waals surface area contributed by atoms with Gasteiger partial charge in [-0.05, 0) is 18.6 Å². The second kappa shape index (κ2) is 4.36. The minimum absolute atomic E-state index is 0.820. The SMILES string of the molecule is CCCCN1CCOc2ccccc21. The lowest BCUT2D eigenvalue weighted by molar-refractivity contribution is 0.307. The van der Waals surface area contributed by atoms with E-state index in [1.807, 2.05) is 12.1 Å². The summed E-state index contributed by atoms with van der Waals surface area (Å²) in [7, 11) is 0. The van der Waals surface area contributed by atoms with Crippen LogP contribution < -0.4 is 9.64 Å². The zero-order valence-corrected chi connectivity index (χ0v) is 8.70. The fraction of sp³-hybridized carbons (Fsp3) is 0.500. The first-order valence-corrected chi connectivity index (χ1v) is 5.38. The predicted molar refractivity (Wildman–Crippen MR) is 59.1 cm³/mol. The third kappa shape index (κ3) is 1.84. The minimum atomic E-state index is 0.820. The molecule has 14 heavy (non-hydrogen) atoms. The number of anilines is 1. The minimum Gasteiger partial charge on any atom is -0.490 e. The zero-order chi connectivity index (χ0) is 9.80. The first-order chi connectivity index (χ1) is 6.92. The highest BCUT2D eigenvalue weighted by Gasteiger charge is 2.15. The second-order valence-electron chi connectivity index (χ2n) is 3.66. The Balaban J connectivity index is 2.14. The van der Waals surface area contributed by atoms with Crippen LogP contribution in [0.1, 0.15) is 19.8 Å². The normalized spacial score (nSPS) is 14.8. The van der Waals surface area contributed by atoms with Crippen LogP contribution in [-0.2, 0) is 0 Å². The van der Waals surface area contributed by atoms with Gasteiger partial charge in [0.25, 0.3) is 0 Å². The van der Waals surface area contributed by atoms with E-state index in [2.05, 4.69) is 24.0 Å². The van der Waals surface area contributed by atoms with Crippen molar-refractivity contribution in [3.8, 4) is 5.75 Å². The van der Waals surface area contributed by atoms with Crippen molar-refractivity contribution in [2.45, 2.75) is 19.8 Å². The van der Waals surface area contributed by atoms with Crippen LogP contribution in [0.2, 0.25) is 0 Å². The van der Waals surface area contributed by atoms with Crippen molar-refractivity contribution in [2.24, 2.45) is 0 Å². The molecule has 2 rings (SSSR count). The van der Waals surface area contributed by atoms with Crippen LogP contribution in [0.15, 0.2) is 24.3 Å². The fourth-order valence-corrected chi connectivity index (χ4v) is 1.81. The number of fused-ring (bicyclic) bond motifs is 1. The topological polar surface area (TPSA) is 12.5 Å². The van der Waals surface area contributed by atoms with E-state index in [9.17, 15) is 0 Å². The first kappa shape index (κ1) is 9.38. The summed E-state index contributed by atoms with van der Waals surface area (Å²) in [6, 6.07) is 8.30. The van der Waals surface area contributed by atoms with Gasteiger partial charge in [0, 0.05) is 6.54 Å². The van der Waals surface area contributed by atoms with Crippen molar-refractivity contribution in [1.29, 1.82) is 0 Å². The Morgan fingerprint density at radius 1 is 1.36 bits per heavy atom. The molecular formula is C12H17NO. The third-order valence-corrected chi connectivity index (χ3v) is 2.61. The molecule has 0 aliphatic carbocycles. The van der Waals surface area contributed by atoms with Crippen LogP contribution >= 0.6 is 0 Å². The molecule has 0 saturated carbocycles. The fourth-order valence-electron chi connectivity index (χ4n) is 1.81. The standard InChI is InChI=1S/C12H17NO/c1-2-3-8-13-9-10-14-12-7-5-4-6-11(12)13/h4-7H,2-3,8-10H2,1H3. The molecule has 76 valence electrons. The average Bonchev–Trinajstić information content (AvgIpc) is 2.26. The van der Waals surface area contributed by atoms with Gasteiger partial charge in [0.05, 0.1) is 12.2 Å². The van der Waals surface area contributed by atoms with Crippen LogP contribution in [-0.4, -0.2) is 19.7 Å². The number of nitrogens with zero attached hydrogens (tertiary/aromatic N) is 1. The monoisotopic (exact) mass is 191 g/mol. The van der Waals surface area contributed by atoms with Crippen LogP contribution in [0.5, 0.6) is 5.75 Å². The third-order valence-electron chi connectivity index (χ3n) is 2.61. The second-order valence-corrected chi connectivity index (χ2v) is 3.66. The summed E-state index contributed by atoms with van der Waals surface area (Å²) in [4.78, 5) is 2.42. The number of benzene rings is 1. The molecule has 0 aromatic heterocycles. The van der Waals surface area contributed by atoms with Gasteiger partial charge in [-0.15, -0.1) is 0 Å². The number of ether oxygens (including phenoxy) is 1. The van der Waals surface area contributed by atoms with Gasteiger partial charge in [-0.3, -0.25) is 0 Å². The molecule has 1 heterocycles. The molecule has 1 aliphatic rings. The Morgan fingerprint density at radius 3 is 3.07 bits per heavy atom. The Bertz CT molecular complexity index is 298. The van der Waals surface area contributed by atoms with Crippen molar-refractivity contribution < 1.29 is 4.74 Å². The molecule has 0 spiro atoms. The van der Waals surface area contributed by atoms with Crippen LogP contribution in [0, 0.1) is 0 Å². The molecule has 1 aromatic rings. The number of rotatable bonds is 3. The summed E-state index contributed by atoms with van der Waals surface area (Å²) in [5.74, 6) is 1.04. The number of hydrogen-bond acceptors (Lipinski definition) is 2. The molecule has 0 N–H and O–H groups in total. The van der Waals surface area contributed by atoms with Gasteiger partial charge in [-0.2, -0.15) is 0 Å². The molecule has 0 radical (unpaired) electrons. The summed E-state index contributed by atoms with van der Waals surface area (Å²) >= 11 is 0. The summed E-state index contributed by atoms with van der Waals surface area (Å²) in [5.41, 5.74) is 1.26. The van der Waals surface area contributed by atoms with E-state index >= 15 is 0 Å². The lowest BCUT2D eigenvalue weighted by Crippen LogP contribution is -2.33. The summed E-state index contributed by atoms with van der Waals surface area (Å²) in [6.07, 6.45) is 2.51. The molecule has 0 atom stereocenters. The maximum Gasteiger partial charge on any atom is 0.142 e. The molecule has 1 aromatic carbocycles. The van der Waals surface area contributed by atoms with E-state index < -0.39 is 0 Å².